The molecule has 1 aliphatic heterocycles. The standard InChI is InChI=1S/C21H20FNO/c22-19-3-1-2-17(14-19)5-4-16-6-8-18(9-7-16)21(10-11-21)20-15-23-12-13-24-20/h1-3,6-9,14,20,23H,10-13,15H2. The first-order valence-corrected chi connectivity index (χ1v) is 8.47. The SMILES string of the molecule is Fc1cccc(C#Cc2ccc(C3(C4CNCCO4)CC3)cc2)c1. The average molecular weight is 321 g/mol. The summed E-state index contributed by atoms with van der Waals surface area (Å²) in [6.45, 7) is 2.67. The molecule has 2 fully saturated rings. The maximum Gasteiger partial charge on any atom is 0.124 e. The quantitative estimate of drug-likeness (QED) is 0.858. The van der Waals surface area contributed by atoms with Gasteiger partial charge in [0.25, 0.3) is 0 Å². The lowest BCUT2D eigenvalue weighted by Gasteiger charge is -2.31. The van der Waals surface area contributed by atoms with Gasteiger partial charge in [-0.25, -0.2) is 4.39 Å². The summed E-state index contributed by atoms with van der Waals surface area (Å²) in [7, 11) is 0. The van der Waals surface area contributed by atoms with Crippen LogP contribution in [0.1, 0.15) is 29.5 Å². The molecule has 2 aliphatic rings. The molecular weight excluding hydrogens is 301 g/mol. The highest BCUT2D eigenvalue weighted by Gasteiger charge is 2.51. The molecule has 0 spiro atoms. The van der Waals surface area contributed by atoms with Gasteiger partial charge in [0.1, 0.15) is 5.82 Å². The molecule has 4 rings (SSSR count). The third-order valence-corrected chi connectivity index (χ3v) is 4.97. The number of rotatable bonds is 2. The first-order valence-electron chi connectivity index (χ1n) is 8.47. The van der Waals surface area contributed by atoms with Gasteiger partial charge in [-0.15, -0.1) is 0 Å². The van der Waals surface area contributed by atoms with E-state index >= 15 is 0 Å². The van der Waals surface area contributed by atoms with Crippen molar-refractivity contribution < 1.29 is 9.13 Å². The molecule has 24 heavy (non-hydrogen) atoms. The van der Waals surface area contributed by atoms with E-state index in [-0.39, 0.29) is 17.3 Å². The highest BCUT2D eigenvalue weighted by atomic mass is 19.1. The topological polar surface area (TPSA) is 21.3 Å². The van der Waals surface area contributed by atoms with Gasteiger partial charge in [0.05, 0.1) is 12.7 Å². The Kier molecular flexibility index (Phi) is 4.10. The number of hydrogen-bond donors (Lipinski definition) is 1. The maximum absolute atomic E-state index is 13.2. The monoisotopic (exact) mass is 321 g/mol. The summed E-state index contributed by atoms with van der Waals surface area (Å²) in [6.07, 6.45) is 2.65. The second kappa shape index (κ2) is 6.39. The van der Waals surface area contributed by atoms with Gasteiger partial charge in [-0.05, 0) is 48.7 Å². The van der Waals surface area contributed by atoms with Crippen LogP contribution in [-0.2, 0) is 10.2 Å². The van der Waals surface area contributed by atoms with Crippen LogP contribution in [0.5, 0.6) is 0 Å². The van der Waals surface area contributed by atoms with Crippen molar-refractivity contribution in [2.24, 2.45) is 0 Å². The molecule has 0 bridgehead atoms. The number of benzene rings is 2. The molecule has 2 nitrogen and oxygen atoms in total. The number of morpholine rings is 1. The Balaban J connectivity index is 1.51. The van der Waals surface area contributed by atoms with Crippen LogP contribution in [0.2, 0.25) is 0 Å². The summed E-state index contributed by atoms with van der Waals surface area (Å²) in [6, 6.07) is 14.8. The van der Waals surface area contributed by atoms with Crippen molar-refractivity contribution in [1.29, 1.82) is 0 Å². The lowest BCUT2D eigenvalue weighted by molar-refractivity contribution is 0.00377. The molecule has 0 aromatic heterocycles. The molecule has 1 aliphatic carbocycles. The Hall–Kier alpha value is -2.15. The second-order valence-corrected chi connectivity index (χ2v) is 6.56. The van der Waals surface area contributed by atoms with Crippen LogP contribution in [-0.4, -0.2) is 25.8 Å². The molecule has 122 valence electrons. The average Bonchev–Trinajstić information content (AvgIpc) is 3.43. The minimum atomic E-state index is -0.256. The van der Waals surface area contributed by atoms with Gasteiger partial charge < -0.3 is 10.1 Å². The summed E-state index contributed by atoms with van der Waals surface area (Å²) in [5.41, 5.74) is 3.16. The molecule has 1 unspecified atom stereocenters. The first kappa shape index (κ1) is 15.4. The van der Waals surface area contributed by atoms with E-state index in [0.29, 0.717) is 5.56 Å². The van der Waals surface area contributed by atoms with Crippen molar-refractivity contribution in [2.75, 3.05) is 19.7 Å². The molecule has 1 atom stereocenters. The van der Waals surface area contributed by atoms with Crippen LogP contribution in [0.4, 0.5) is 4.39 Å². The van der Waals surface area contributed by atoms with Crippen molar-refractivity contribution in [3.63, 3.8) is 0 Å². The number of ether oxygens (including phenoxy) is 1. The van der Waals surface area contributed by atoms with Gasteiger partial charge >= 0.3 is 0 Å². The molecule has 1 saturated carbocycles. The van der Waals surface area contributed by atoms with Crippen LogP contribution in [0, 0.1) is 17.7 Å². The van der Waals surface area contributed by atoms with Crippen LogP contribution in [0.15, 0.2) is 48.5 Å². The first-order chi connectivity index (χ1) is 11.8. The fraction of sp³-hybridized carbons (Fsp3) is 0.333. The molecule has 0 amide bonds. The largest absolute Gasteiger partial charge is 0.375 e. The lowest BCUT2D eigenvalue weighted by atomic mass is 9.88. The fourth-order valence-corrected chi connectivity index (χ4v) is 3.45. The predicted molar refractivity (Wildman–Crippen MR) is 92.3 cm³/mol. The van der Waals surface area contributed by atoms with E-state index in [0.717, 1.165) is 25.3 Å². The zero-order valence-corrected chi connectivity index (χ0v) is 13.5. The molecule has 0 radical (unpaired) electrons. The zero-order valence-electron chi connectivity index (χ0n) is 13.5. The van der Waals surface area contributed by atoms with Gasteiger partial charge in [0, 0.05) is 29.6 Å². The van der Waals surface area contributed by atoms with E-state index in [9.17, 15) is 4.39 Å². The van der Waals surface area contributed by atoms with E-state index in [4.69, 9.17) is 4.74 Å². The van der Waals surface area contributed by atoms with Gasteiger partial charge in [-0.1, -0.05) is 30.0 Å². The predicted octanol–water partition coefficient (Wildman–Crippen LogP) is 3.25. The molecule has 2 aromatic carbocycles. The summed E-state index contributed by atoms with van der Waals surface area (Å²) in [4.78, 5) is 0. The Labute approximate surface area is 142 Å². The minimum Gasteiger partial charge on any atom is -0.375 e. The summed E-state index contributed by atoms with van der Waals surface area (Å²) in [5, 5.41) is 3.43. The van der Waals surface area contributed by atoms with Gasteiger partial charge in [-0.2, -0.15) is 0 Å². The van der Waals surface area contributed by atoms with Crippen LogP contribution >= 0.6 is 0 Å². The van der Waals surface area contributed by atoms with Crippen molar-refractivity contribution in [3.05, 3.63) is 71.0 Å². The zero-order chi connectivity index (χ0) is 16.4. The molecule has 2 aromatic rings. The lowest BCUT2D eigenvalue weighted by Crippen LogP contribution is -2.45. The Morgan fingerprint density at radius 1 is 1.04 bits per heavy atom. The second-order valence-electron chi connectivity index (χ2n) is 6.56. The van der Waals surface area contributed by atoms with Crippen LogP contribution in [0.25, 0.3) is 0 Å². The van der Waals surface area contributed by atoms with E-state index in [1.807, 2.05) is 6.07 Å². The normalized spacial score (nSPS) is 21.6. The van der Waals surface area contributed by atoms with Crippen molar-refractivity contribution in [1.82, 2.24) is 5.32 Å². The van der Waals surface area contributed by atoms with E-state index in [2.05, 4.69) is 41.4 Å². The summed E-state index contributed by atoms with van der Waals surface area (Å²) in [5.74, 6) is 5.87. The number of hydrogen-bond acceptors (Lipinski definition) is 2. The fourth-order valence-electron chi connectivity index (χ4n) is 3.45. The van der Waals surface area contributed by atoms with E-state index in [1.54, 1.807) is 6.07 Å². The maximum atomic E-state index is 13.2. The third-order valence-electron chi connectivity index (χ3n) is 4.97. The molecule has 1 saturated heterocycles. The van der Waals surface area contributed by atoms with Crippen molar-refractivity contribution in [3.8, 4) is 11.8 Å². The summed E-state index contributed by atoms with van der Waals surface area (Å²) >= 11 is 0. The Morgan fingerprint density at radius 2 is 1.83 bits per heavy atom. The van der Waals surface area contributed by atoms with Crippen molar-refractivity contribution >= 4 is 0 Å². The Morgan fingerprint density at radius 3 is 2.50 bits per heavy atom. The van der Waals surface area contributed by atoms with Gasteiger partial charge in [-0.3, -0.25) is 0 Å². The number of nitrogens with one attached hydrogen (secondary N) is 1. The highest BCUT2D eigenvalue weighted by molar-refractivity contribution is 5.45. The smallest absolute Gasteiger partial charge is 0.124 e. The van der Waals surface area contributed by atoms with Crippen LogP contribution < -0.4 is 5.32 Å². The van der Waals surface area contributed by atoms with E-state index in [1.165, 1.54) is 30.5 Å². The minimum absolute atomic E-state index is 0.182. The van der Waals surface area contributed by atoms with Gasteiger partial charge in [0.2, 0.25) is 0 Å². The molecule has 1 heterocycles. The third kappa shape index (κ3) is 3.08. The highest BCUT2D eigenvalue weighted by Crippen LogP contribution is 2.52. The van der Waals surface area contributed by atoms with E-state index < -0.39 is 0 Å². The van der Waals surface area contributed by atoms with Crippen LogP contribution in [0.3, 0.4) is 0 Å². The Bertz CT molecular complexity index is 777. The van der Waals surface area contributed by atoms with Crippen molar-refractivity contribution in [2.45, 2.75) is 24.4 Å². The molecule has 3 heteroatoms. The summed E-state index contributed by atoms with van der Waals surface area (Å²) < 4.78 is 19.2. The molecular formula is C21H20FNO. The molecule has 1 N–H and O–H groups in total. The van der Waals surface area contributed by atoms with Gasteiger partial charge in [0.15, 0.2) is 0 Å². The number of halogens is 1.